The van der Waals surface area contributed by atoms with Crippen LogP contribution in [0.25, 0.3) is 21.9 Å². The fraction of sp³-hybridized carbons (Fsp3) is 0.500. The first kappa shape index (κ1) is 22.7. The lowest BCUT2D eigenvalue weighted by Crippen LogP contribution is -2.47. The number of nitrogens with one attached hydrogen (secondary N) is 1. The van der Waals surface area contributed by atoms with Crippen molar-refractivity contribution in [1.82, 2.24) is 25.1 Å². The third-order valence-electron chi connectivity index (χ3n) is 3.66. The molecule has 0 amide bonds. The second-order valence-corrected chi connectivity index (χ2v) is 5.04. The smallest absolute Gasteiger partial charge is 0.152 e. The highest BCUT2D eigenvalue weighted by atomic mass is 16.8. The molecule has 0 spiro atoms. The topological polar surface area (TPSA) is 81.2 Å². The summed E-state index contributed by atoms with van der Waals surface area (Å²) in [4.78, 5) is 14.7. The number of nitrogens with two attached hydrogens (primary N) is 1. The van der Waals surface area contributed by atoms with Gasteiger partial charge >= 0.3 is 0 Å². The number of imidazole rings is 1. The van der Waals surface area contributed by atoms with Crippen LogP contribution >= 0.6 is 0 Å². The van der Waals surface area contributed by atoms with Crippen LogP contribution < -0.4 is 16.0 Å². The molecule has 3 heterocycles. The molecule has 3 aromatic rings. The molecule has 27 heavy (non-hydrogen) atoms. The number of hydrogen-bond acceptors (Lipinski definition) is 6. The van der Waals surface area contributed by atoms with Gasteiger partial charge in [-0.05, 0) is 6.07 Å². The van der Waals surface area contributed by atoms with Crippen LogP contribution in [0, 0.1) is 0 Å². The number of hydroxylamine groups is 2. The van der Waals surface area contributed by atoms with Crippen molar-refractivity contribution in [1.29, 1.82) is 0 Å². The van der Waals surface area contributed by atoms with Gasteiger partial charge in [0.1, 0.15) is 17.4 Å². The minimum absolute atomic E-state index is 0.423. The molecule has 1 saturated heterocycles. The number of hydrogen-bond donors (Lipinski definition) is 2. The molecule has 1 fully saturated rings. The lowest BCUT2D eigenvalue weighted by atomic mass is 10.2. The summed E-state index contributed by atoms with van der Waals surface area (Å²) in [6.07, 6.45) is 1.65. The average molecular weight is 375 g/mol. The molecule has 4 rings (SSSR count). The lowest BCUT2D eigenvalue weighted by molar-refractivity contribution is -0.163. The quantitative estimate of drug-likeness (QED) is 0.714. The van der Waals surface area contributed by atoms with Gasteiger partial charge in [0.2, 0.25) is 0 Å². The molecule has 1 aliphatic heterocycles. The molecule has 2 aromatic heterocycles. The first-order valence-electron chi connectivity index (χ1n) is 9.98. The van der Waals surface area contributed by atoms with Gasteiger partial charge in [-0.3, -0.25) is 0 Å². The summed E-state index contributed by atoms with van der Waals surface area (Å²) in [6, 6.07) is 7.86. The minimum Gasteiger partial charge on any atom is -0.382 e. The molecule has 0 bridgehead atoms. The maximum atomic E-state index is 6.00. The third kappa shape index (κ3) is 5.30. The fourth-order valence-corrected chi connectivity index (χ4v) is 2.63. The molecular weight excluding hydrogens is 340 g/mol. The number of nitrogen functional groups attached to an aromatic ring is 1. The van der Waals surface area contributed by atoms with E-state index in [1.807, 2.05) is 70.9 Å². The summed E-state index contributed by atoms with van der Waals surface area (Å²) in [7, 11) is 0. The molecule has 0 radical (unpaired) electrons. The SMILES string of the molecule is CC.CC.CC.Nc1nc2ccccc2c2c1ncn2ON1CCNCC1. The summed E-state index contributed by atoms with van der Waals surface area (Å²) >= 11 is 0. The number of piperazine rings is 1. The number of benzene rings is 1. The average Bonchev–Trinajstić information content (AvgIpc) is 3.18. The van der Waals surface area contributed by atoms with Crippen LogP contribution in [0.15, 0.2) is 30.6 Å². The van der Waals surface area contributed by atoms with Gasteiger partial charge < -0.3 is 16.0 Å². The van der Waals surface area contributed by atoms with E-state index in [1.165, 1.54) is 0 Å². The van der Waals surface area contributed by atoms with Crippen LogP contribution in [-0.4, -0.2) is 45.9 Å². The van der Waals surface area contributed by atoms with Crippen molar-refractivity contribution in [2.24, 2.45) is 0 Å². The highest BCUT2D eigenvalue weighted by Gasteiger charge is 2.16. The number of aromatic nitrogens is 3. The molecule has 1 aromatic carbocycles. The second-order valence-electron chi connectivity index (χ2n) is 5.04. The number of anilines is 1. The predicted molar refractivity (Wildman–Crippen MR) is 115 cm³/mol. The van der Waals surface area contributed by atoms with E-state index < -0.39 is 0 Å². The van der Waals surface area contributed by atoms with E-state index in [2.05, 4.69) is 15.3 Å². The Hall–Kier alpha value is -2.38. The summed E-state index contributed by atoms with van der Waals surface area (Å²) in [5, 5.41) is 6.19. The maximum Gasteiger partial charge on any atom is 0.152 e. The monoisotopic (exact) mass is 374 g/mol. The predicted octanol–water partition coefficient (Wildman–Crippen LogP) is 3.49. The van der Waals surface area contributed by atoms with Gasteiger partial charge in [0, 0.05) is 31.6 Å². The Balaban J connectivity index is 0.000000556. The Bertz CT molecular complexity index is 796. The normalized spacial score (nSPS) is 13.6. The van der Waals surface area contributed by atoms with E-state index in [-0.39, 0.29) is 0 Å². The van der Waals surface area contributed by atoms with Crippen LogP contribution in [0.1, 0.15) is 41.5 Å². The Labute approximate surface area is 162 Å². The molecule has 1 aliphatic rings. The van der Waals surface area contributed by atoms with E-state index in [4.69, 9.17) is 10.7 Å². The largest absolute Gasteiger partial charge is 0.382 e. The number of fused-ring (bicyclic) bond motifs is 3. The molecule has 0 saturated carbocycles. The molecule has 3 N–H and O–H groups in total. The van der Waals surface area contributed by atoms with Gasteiger partial charge in [-0.1, -0.05) is 59.7 Å². The molecule has 0 unspecified atom stereocenters. The van der Waals surface area contributed by atoms with Crippen molar-refractivity contribution in [3.8, 4) is 0 Å². The van der Waals surface area contributed by atoms with Gasteiger partial charge in [0.25, 0.3) is 0 Å². The molecule has 0 aliphatic carbocycles. The Morgan fingerprint density at radius 2 is 1.63 bits per heavy atom. The fourth-order valence-electron chi connectivity index (χ4n) is 2.63. The second kappa shape index (κ2) is 12.1. The highest BCUT2D eigenvalue weighted by molar-refractivity contribution is 6.06. The standard InChI is InChI=1S/C14H16N6O.3C2H6/c15-14-12-13(10-3-1-2-4-11(10)18-14)20(9-17-12)21-19-7-5-16-6-8-19;3*1-2/h1-4,9,16H,5-8H2,(H2,15,18);3*1-2H3. The first-order chi connectivity index (χ1) is 13.3. The molecule has 150 valence electrons. The van der Waals surface area contributed by atoms with Crippen molar-refractivity contribution >= 4 is 27.8 Å². The van der Waals surface area contributed by atoms with Crippen LogP contribution in [0.3, 0.4) is 0 Å². The molecular formula is C20H34N6O. The van der Waals surface area contributed by atoms with E-state index in [0.717, 1.165) is 42.6 Å². The van der Waals surface area contributed by atoms with E-state index in [1.54, 1.807) is 11.1 Å². The summed E-state index contributed by atoms with van der Waals surface area (Å²) < 4.78 is 1.68. The lowest BCUT2D eigenvalue weighted by Gasteiger charge is -2.26. The Morgan fingerprint density at radius 3 is 2.30 bits per heavy atom. The summed E-state index contributed by atoms with van der Waals surface area (Å²) in [5.74, 6) is 0.423. The molecule has 0 atom stereocenters. The van der Waals surface area contributed by atoms with Gasteiger partial charge in [0.05, 0.1) is 5.52 Å². The number of nitrogens with zero attached hydrogens (tertiary/aromatic N) is 4. The first-order valence-corrected chi connectivity index (χ1v) is 9.98. The zero-order valence-corrected chi connectivity index (χ0v) is 17.5. The van der Waals surface area contributed by atoms with Crippen molar-refractivity contribution in [2.45, 2.75) is 41.5 Å². The third-order valence-corrected chi connectivity index (χ3v) is 3.66. The maximum absolute atomic E-state index is 6.00. The zero-order valence-electron chi connectivity index (χ0n) is 17.5. The van der Waals surface area contributed by atoms with Crippen LogP contribution in [0.2, 0.25) is 0 Å². The van der Waals surface area contributed by atoms with Gasteiger partial charge in [-0.15, -0.1) is 9.79 Å². The van der Waals surface area contributed by atoms with Gasteiger partial charge in [-0.2, -0.15) is 0 Å². The van der Waals surface area contributed by atoms with E-state index in [0.29, 0.717) is 11.3 Å². The summed E-state index contributed by atoms with van der Waals surface area (Å²) in [6.45, 7) is 15.5. The molecule has 7 heteroatoms. The van der Waals surface area contributed by atoms with Crippen molar-refractivity contribution < 1.29 is 4.94 Å². The van der Waals surface area contributed by atoms with Gasteiger partial charge in [-0.25, -0.2) is 9.97 Å². The van der Waals surface area contributed by atoms with Crippen LogP contribution in [0.5, 0.6) is 0 Å². The van der Waals surface area contributed by atoms with E-state index in [9.17, 15) is 0 Å². The highest BCUT2D eigenvalue weighted by Crippen LogP contribution is 2.26. The Morgan fingerprint density at radius 1 is 1.00 bits per heavy atom. The van der Waals surface area contributed by atoms with Crippen molar-refractivity contribution in [3.05, 3.63) is 30.6 Å². The number of pyridine rings is 1. The van der Waals surface area contributed by atoms with Crippen molar-refractivity contribution in [3.63, 3.8) is 0 Å². The van der Waals surface area contributed by atoms with Gasteiger partial charge in [0.15, 0.2) is 5.82 Å². The summed E-state index contributed by atoms with van der Waals surface area (Å²) in [5.41, 5.74) is 8.37. The van der Waals surface area contributed by atoms with Crippen LogP contribution in [-0.2, 0) is 0 Å². The van der Waals surface area contributed by atoms with Crippen LogP contribution in [0.4, 0.5) is 5.82 Å². The Kier molecular flexibility index (Phi) is 10.1. The van der Waals surface area contributed by atoms with E-state index >= 15 is 0 Å². The minimum atomic E-state index is 0.423. The molecule has 7 nitrogen and oxygen atoms in total. The number of rotatable bonds is 2. The zero-order chi connectivity index (χ0) is 20.2. The number of para-hydroxylation sites is 1. The van der Waals surface area contributed by atoms with Crippen molar-refractivity contribution in [2.75, 3.05) is 31.9 Å².